The third kappa shape index (κ3) is 1.99. The second-order valence-electron chi connectivity index (χ2n) is 5.16. The fourth-order valence-corrected chi connectivity index (χ4v) is 3.96. The summed E-state index contributed by atoms with van der Waals surface area (Å²) in [7, 11) is 0. The summed E-state index contributed by atoms with van der Waals surface area (Å²) in [6, 6.07) is 0. The summed E-state index contributed by atoms with van der Waals surface area (Å²) < 4.78 is 36.7. The maximum Gasteiger partial charge on any atom is 1.00 e. The minimum Gasteiger partial charge on any atom is -0.449 e. The van der Waals surface area contributed by atoms with E-state index in [2.05, 4.69) is 0 Å². The fourth-order valence-electron chi connectivity index (χ4n) is 3.96. The molecule has 5 atom stereocenters. The van der Waals surface area contributed by atoms with E-state index in [4.69, 9.17) is 0 Å². The molecule has 0 aliphatic heterocycles. The van der Waals surface area contributed by atoms with Gasteiger partial charge in [-0.15, -0.1) is 0 Å². The van der Waals surface area contributed by atoms with Crippen LogP contribution < -0.4 is 51.4 Å². The van der Waals surface area contributed by atoms with Crippen LogP contribution in [0.15, 0.2) is 0 Å². The Morgan fingerprint density at radius 2 is 1.64 bits per heavy atom. The molecule has 14 heavy (non-hydrogen) atoms. The summed E-state index contributed by atoms with van der Waals surface area (Å²) in [5.74, 6) is 2.70. The largest absolute Gasteiger partial charge is 1.00 e. The topological polar surface area (TPSA) is 0 Å². The zero-order chi connectivity index (χ0) is 9.22. The van der Waals surface area contributed by atoms with Gasteiger partial charge in [0.15, 0.2) is 0 Å². The number of hydrogen-bond acceptors (Lipinski definition) is 0. The predicted octanol–water partition coefficient (Wildman–Crippen LogP) is 0.130. The molecule has 74 valence electrons. The standard InChI is InChI=1S/C9H13BF3.K/c11-10(12,13)4-6-1-5-2-7(6)9-3-8(5)9;/h5-9H,1-4H2;/q-1;+1. The van der Waals surface area contributed by atoms with Gasteiger partial charge in [0.25, 0.3) is 0 Å². The van der Waals surface area contributed by atoms with Crippen LogP contribution in [-0.2, 0) is 0 Å². The Morgan fingerprint density at radius 3 is 2.14 bits per heavy atom. The first kappa shape index (κ1) is 12.0. The molecule has 2 bridgehead atoms. The van der Waals surface area contributed by atoms with Gasteiger partial charge in [0.1, 0.15) is 0 Å². The summed E-state index contributed by atoms with van der Waals surface area (Å²) in [5, 5.41) is 0. The Bertz CT molecular complexity index is 243. The van der Waals surface area contributed by atoms with Gasteiger partial charge in [-0.05, 0) is 42.9 Å². The quantitative estimate of drug-likeness (QED) is 0.589. The van der Waals surface area contributed by atoms with E-state index in [0.29, 0.717) is 17.8 Å². The molecule has 3 aliphatic carbocycles. The van der Waals surface area contributed by atoms with Crippen molar-refractivity contribution in [3.63, 3.8) is 0 Å². The minimum absolute atomic E-state index is 0. The molecule has 0 N–H and O–H groups in total. The van der Waals surface area contributed by atoms with Gasteiger partial charge in [0.2, 0.25) is 0 Å². The van der Waals surface area contributed by atoms with E-state index in [0.717, 1.165) is 18.8 Å². The first-order valence-corrected chi connectivity index (χ1v) is 5.25. The molecule has 3 fully saturated rings. The molecule has 5 heteroatoms. The van der Waals surface area contributed by atoms with E-state index in [1.54, 1.807) is 0 Å². The van der Waals surface area contributed by atoms with Gasteiger partial charge in [-0.2, -0.15) is 0 Å². The number of rotatable bonds is 2. The molecule has 0 saturated heterocycles. The smallest absolute Gasteiger partial charge is 0.449 e. The second-order valence-corrected chi connectivity index (χ2v) is 5.16. The Kier molecular flexibility index (Phi) is 3.21. The third-order valence-electron chi connectivity index (χ3n) is 4.40. The van der Waals surface area contributed by atoms with E-state index in [1.165, 1.54) is 6.42 Å². The van der Waals surface area contributed by atoms with Gasteiger partial charge < -0.3 is 12.9 Å². The minimum atomic E-state index is -4.53. The van der Waals surface area contributed by atoms with Crippen LogP contribution in [0.3, 0.4) is 0 Å². The summed E-state index contributed by atoms with van der Waals surface area (Å²) in [5.41, 5.74) is 0. The summed E-state index contributed by atoms with van der Waals surface area (Å²) in [4.78, 5) is 0. The normalized spacial score (nSPS) is 48.6. The van der Waals surface area contributed by atoms with Crippen molar-refractivity contribution in [1.82, 2.24) is 0 Å². The molecule has 0 radical (unpaired) electrons. The molecule has 0 spiro atoms. The van der Waals surface area contributed by atoms with Crippen molar-refractivity contribution >= 4 is 6.98 Å². The molecule has 0 aromatic carbocycles. The Hall–Kier alpha value is 1.49. The van der Waals surface area contributed by atoms with Gasteiger partial charge in [-0.3, -0.25) is 0 Å². The fraction of sp³-hybridized carbons (Fsp3) is 1.00. The molecule has 5 unspecified atom stereocenters. The van der Waals surface area contributed by atoms with Crippen molar-refractivity contribution in [2.45, 2.75) is 25.6 Å². The van der Waals surface area contributed by atoms with E-state index in [1.807, 2.05) is 0 Å². The zero-order valence-electron chi connectivity index (χ0n) is 8.43. The van der Waals surface area contributed by atoms with E-state index < -0.39 is 13.3 Å². The van der Waals surface area contributed by atoms with Gasteiger partial charge >= 0.3 is 58.4 Å². The Labute approximate surface area is 125 Å². The van der Waals surface area contributed by atoms with Crippen LogP contribution in [-0.4, -0.2) is 6.98 Å². The molecular formula is C9H13BF3K. The van der Waals surface area contributed by atoms with Gasteiger partial charge in [0.05, 0.1) is 0 Å². The summed E-state index contributed by atoms with van der Waals surface area (Å²) >= 11 is 0. The second kappa shape index (κ2) is 3.76. The van der Waals surface area contributed by atoms with Gasteiger partial charge in [-0.25, -0.2) is 0 Å². The monoisotopic (exact) mass is 228 g/mol. The van der Waals surface area contributed by atoms with Crippen molar-refractivity contribution in [3.8, 4) is 0 Å². The molecule has 0 nitrogen and oxygen atoms in total. The SMILES string of the molecule is F[B-](F)(F)CC1CC2CC1C1CC21.[K+]. The molecule has 0 amide bonds. The number of fused-ring (bicyclic) bond motifs is 5. The average Bonchev–Trinajstić information content (AvgIpc) is 2.59. The molecule has 3 aliphatic rings. The molecule has 3 rings (SSSR count). The average molecular weight is 228 g/mol. The maximum atomic E-state index is 12.2. The van der Waals surface area contributed by atoms with Crippen LogP contribution in [0.25, 0.3) is 0 Å². The van der Waals surface area contributed by atoms with E-state index in [9.17, 15) is 12.9 Å². The summed E-state index contributed by atoms with van der Waals surface area (Å²) in [6.45, 7) is -4.53. The first-order valence-electron chi connectivity index (χ1n) is 5.25. The molecule has 0 aromatic rings. The summed E-state index contributed by atoms with van der Waals surface area (Å²) in [6.07, 6.45) is 2.79. The third-order valence-corrected chi connectivity index (χ3v) is 4.40. The predicted molar refractivity (Wildman–Crippen MR) is 45.2 cm³/mol. The zero-order valence-corrected chi connectivity index (χ0v) is 11.5. The molecule has 3 saturated carbocycles. The van der Waals surface area contributed by atoms with Crippen molar-refractivity contribution in [2.24, 2.45) is 29.6 Å². The van der Waals surface area contributed by atoms with Crippen LogP contribution in [0, 0.1) is 29.6 Å². The van der Waals surface area contributed by atoms with Crippen LogP contribution in [0.5, 0.6) is 0 Å². The maximum absolute atomic E-state index is 12.2. The van der Waals surface area contributed by atoms with Gasteiger partial charge in [0, 0.05) is 0 Å². The van der Waals surface area contributed by atoms with Crippen LogP contribution in [0.2, 0.25) is 6.32 Å². The Morgan fingerprint density at radius 1 is 0.929 bits per heavy atom. The van der Waals surface area contributed by atoms with E-state index >= 15 is 0 Å². The van der Waals surface area contributed by atoms with Crippen molar-refractivity contribution < 1.29 is 64.3 Å². The van der Waals surface area contributed by atoms with Crippen molar-refractivity contribution in [1.29, 1.82) is 0 Å². The van der Waals surface area contributed by atoms with Crippen LogP contribution >= 0.6 is 0 Å². The van der Waals surface area contributed by atoms with Gasteiger partial charge in [-0.1, -0.05) is 12.2 Å². The van der Waals surface area contributed by atoms with Crippen LogP contribution in [0.4, 0.5) is 12.9 Å². The number of hydrogen-bond donors (Lipinski definition) is 0. The van der Waals surface area contributed by atoms with Crippen LogP contribution in [0.1, 0.15) is 19.3 Å². The molecular weight excluding hydrogens is 215 g/mol. The number of halogens is 3. The van der Waals surface area contributed by atoms with Crippen molar-refractivity contribution in [2.75, 3.05) is 0 Å². The van der Waals surface area contributed by atoms with Crippen molar-refractivity contribution in [3.05, 3.63) is 0 Å². The van der Waals surface area contributed by atoms with E-state index in [-0.39, 0.29) is 57.3 Å². The Balaban J connectivity index is 0.000000750. The molecule has 0 heterocycles. The molecule has 0 aromatic heterocycles. The first-order chi connectivity index (χ1) is 6.04.